The lowest BCUT2D eigenvalue weighted by molar-refractivity contribution is -0.137. The van der Waals surface area contributed by atoms with Crippen LogP contribution >= 0.6 is 24.0 Å². The van der Waals surface area contributed by atoms with Gasteiger partial charge in [-0.25, -0.2) is 0 Å². The van der Waals surface area contributed by atoms with E-state index in [4.69, 9.17) is 0 Å². The van der Waals surface area contributed by atoms with E-state index < -0.39 is 11.7 Å². The first-order valence-corrected chi connectivity index (χ1v) is 9.02. The molecule has 0 bridgehead atoms. The molecule has 1 saturated heterocycles. The number of aromatic nitrogens is 3. The summed E-state index contributed by atoms with van der Waals surface area (Å²) in [4.78, 5) is 8.37. The van der Waals surface area contributed by atoms with Gasteiger partial charge in [-0.1, -0.05) is 6.07 Å². The molecule has 0 saturated carbocycles. The largest absolute Gasteiger partial charge is 0.416 e. The van der Waals surface area contributed by atoms with Crippen LogP contribution in [0.1, 0.15) is 17.2 Å². The summed E-state index contributed by atoms with van der Waals surface area (Å²) in [5, 5.41) is 11.4. The van der Waals surface area contributed by atoms with Crippen molar-refractivity contribution in [2.75, 3.05) is 38.1 Å². The summed E-state index contributed by atoms with van der Waals surface area (Å²) in [6, 6.07) is 5.47. The predicted octanol–water partition coefficient (Wildman–Crippen LogP) is 2.66. The fraction of sp³-hybridized carbons (Fsp3) is 0.500. The lowest BCUT2D eigenvalue weighted by atomic mass is 10.1. The molecule has 0 spiro atoms. The van der Waals surface area contributed by atoms with Crippen molar-refractivity contribution in [3.63, 3.8) is 0 Å². The SMILES string of the molecule is CN=C(NCc1nnc(C)n1C)N1CCN(c2cccc(C(F)(F)F)c2)CC1.I. The van der Waals surface area contributed by atoms with E-state index in [2.05, 4.69) is 25.4 Å². The molecular weight excluding hydrogens is 498 g/mol. The van der Waals surface area contributed by atoms with Crippen molar-refractivity contribution in [3.05, 3.63) is 41.5 Å². The lowest BCUT2D eigenvalue weighted by Gasteiger charge is -2.37. The number of aliphatic imine (C=N–C) groups is 1. The molecule has 29 heavy (non-hydrogen) atoms. The molecule has 160 valence electrons. The van der Waals surface area contributed by atoms with Gasteiger partial charge >= 0.3 is 6.18 Å². The minimum atomic E-state index is -4.33. The van der Waals surface area contributed by atoms with Crippen LogP contribution in [-0.4, -0.2) is 58.9 Å². The minimum absolute atomic E-state index is 0. The third-order valence-corrected chi connectivity index (χ3v) is 4.92. The van der Waals surface area contributed by atoms with Gasteiger partial charge in [0, 0.05) is 46.0 Å². The highest BCUT2D eigenvalue weighted by molar-refractivity contribution is 14.0. The van der Waals surface area contributed by atoms with Crippen molar-refractivity contribution in [2.45, 2.75) is 19.6 Å². The Hall–Kier alpha value is -2.05. The van der Waals surface area contributed by atoms with E-state index in [0.29, 0.717) is 38.4 Å². The zero-order chi connectivity index (χ0) is 20.3. The normalized spacial score (nSPS) is 15.3. The number of hydrogen-bond donors (Lipinski definition) is 1. The van der Waals surface area contributed by atoms with Crippen LogP contribution in [0.15, 0.2) is 29.3 Å². The van der Waals surface area contributed by atoms with Gasteiger partial charge in [0.05, 0.1) is 12.1 Å². The number of hydrogen-bond acceptors (Lipinski definition) is 4. The maximum absolute atomic E-state index is 12.9. The maximum atomic E-state index is 12.9. The van der Waals surface area contributed by atoms with E-state index in [1.54, 1.807) is 13.1 Å². The van der Waals surface area contributed by atoms with Crippen molar-refractivity contribution in [3.8, 4) is 0 Å². The van der Waals surface area contributed by atoms with Gasteiger partial charge in [0.25, 0.3) is 0 Å². The quantitative estimate of drug-likeness (QED) is 0.381. The molecule has 0 amide bonds. The van der Waals surface area contributed by atoms with Gasteiger partial charge in [-0.2, -0.15) is 13.2 Å². The summed E-state index contributed by atoms with van der Waals surface area (Å²) in [5.41, 5.74) is -0.0316. The zero-order valence-electron chi connectivity index (χ0n) is 16.6. The Morgan fingerprint density at radius 1 is 1.17 bits per heavy atom. The van der Waals surface area contributed by atoms with Crippen molar-refractivity contribution in [1.29, 1.82) is 0 Å². The Bertz CT molecular complexity index is 842. The topological polar surface area (TPSA) is 61.6 Å². The summed E-state index contributed by atoms with van der Waals surface area (Å²) >= 11 is 0. The highest BCUT2D eigenvalue weighted by Crippen LogP contribution is 2.31. The minimum Gasteiger partial charge on any atom is -0.368 e. The average Bonchev–Trinajstić information content (AvgIpc) is 3.00. The average molecular weight is 523 g/mol. The van der Waals surface area contributed by atoms with Gasteiger partial charge in [-0.15, -0.1) is 34.2 Å². The van der Waals surface area contributed by atoms with Gasteiger partial charge in [0.2, 0.25) is 0 Å². The van der Waals surface area contributed by atoms with Crippen molar-refractivity contribution >= 4 is 35.6 Å². The van der Waals surface area contributed by atoms with Crippen LogP contribution in [0.25, 0.3) is 0 Å². The van der Waals surface area contributed by atoms with Gasteiger partial charge in [0.15, 0.2) is 11.8 Å². The molecule has 1 N–H and O–H groups in total. The summed E-state index contributed by atoms with van der Waals surface area (Å²) in [7, 11) is 3.62. The molecule has 7 nitrogen and oxygen atoms in total. The van der Waals surface area contributed by atoms with E-state index in [9.17, 15) is 13.2 Å². The molecule has 3 rings (SSSR count). The summed E-state index contributed by atoms with van der Waals surface area (Å²) in [6.45, 7) is 4.94. The number of benzene rings is 1. The number of nitrogens with zero attached hydrogens (tertiary/aromatic N) is 6. The van der Waals surface area contributed by atoms with E-state index in [-0.39, 0.29) is 24.0 Å². The number of piperazine rings is 1. The number of aryl methyl sites for hydroxylation is 1. The number of rotatable bonds is 3. The first-order chi connectivity index (χ1) is 13.3. The van der Waals surface area contributed by atoms with Gasteiger partial charge in [0.1, 0.15) is 5.82 Å². The number of nitrogens with one attached hydrogen (secondary N) is 1. The molecule has 1 aliphatic heterocycles. The third kappa shape index (κ3) is 5.52. The van der Waals surface area contributed by atoms with Gasteiger partial charge < -0.3 is 19.7 Å². The summed E-state index contributed by atoms with van der Waals surface area (Å²) < 4.78 is 40.7. The molecule has 0 radical (unpaired) electrons. The standard InChI is InChI=1S/C18H24F3N7.HI/c1-13-24-25-16(26(13)3)12-23-17(22-2)28-9-7-27(8-10-28)15-6-4-5-14(11-15)18(19,20)21;/h4-6,11H,7-10,12H2,1-3H3,(H,22,23);1H. The van der Waals surface area contributed by atoms with Crippen molar-refractivity contribution in [2.24, 2.45) is 12.0 Å². The zero-order valence-corrected chi connectivity index (χ0v) is 18.9. The number of alkyl halides is 3. The van der Waals surface area contributed by atoms with Crippen LogP contribution < -0.4 is 10.2 Å². The number of guanidine groups is 1. The number of anilines is 1. The van der Waals surface area contributed by atoms with Crippen LogP contribution in [0.3, 0.4) is 0 Å². The number of halogens is 4. The Balaban J connectivity index is 0.00000300. The summed E-state index contributed by atoms with van der Waals surface area (Å²) in [6.07, 6.45) is -4.33. The Morgan fingerprint density at radius 2 is 1.86 bits per heavy atom. The second-order valence-electron chi connectivity index (χ2n) is 6.65. The van der Waals surface area contributed by atoms with Gasteiger partial charge in [-0.3, -0.25) is 4.99 Å². The predicted molar refractivity (Wildman–Crippen MR) is 117 cm³/mol. The fourth-order valence-corrected chi connectivity index (χ4v) is 3.15. The summed E-state index contributed by atoms with van der Waals surface area (Å²) in [5.74, 6) is 2.38. The highest BCUT2D eigenvalue weighted by Gasteiger charge is 2.31. The first-order valence-electron chi connectivity index (χ1n) is 9.02. The van der Waals surface area contributed by atoms with E-state index in [1.807, 2.05) is 23.4 Å². The molecule has 0 atom stereocenters. The molecule has 2 aromatic rings. The first kappa shape index (κ1) is 23.2. The second kappa shape index (κ2) is 9.63. The van der Waals surface area contributed by atoms with E-state index in [0.717, 1.165) is 23.7 Å². The van der Waals surface area contributed by atoms with Crippen molar-refractivity contribution < 1.29 is 13.2 Å². The fourth-order valence-electron chi connectivity index (χ4n) is 3.15. The monoisotopic (exact) mass is 523 g/mol. The molecule has 2 heterocycles. The van der Waals surface area contributed by atoms with Crippen LogP contribution in [0.4, 0.5) is 18.9 Å². The smallest absolute Gasteiger partial charge is 0.368 e. The van der Waals surface area contributed by atoms with Crippen molar-refractivity contribution in [1.82, 2.24) is 25.0 Å². The maximum Gasteiger partial charge on any atom is 0.416 e. The molecular formula is C18H25F3IN7. The van der Waals surface area contributed by atoms with Crippen LogP contribution in [0.2, 0.25) is 0 Å². The Labute approximate surface area is 185 Å². The van der Waals surface area contributed by atoms with E-state index in [1.165, 1.54) is 12.1 Å². The highest BCUT2D eigenvalue weighted by atomic mass is 127. The van der Waals surface area contributed by atoms with Crippen LogP contribution in [0.5, 0.6) is 0 Å². The molecule has 0 unspecified atom stereocenters. The van der Waals surface area contributed by atoms with Crippen LogP contribution in [-0.2, 0) is 19.8 Å². The molecule has 1 fully saturated rings. The molecule has 1 aromatic heterocycles. The molecule has 1 aliphatic rings. The third-order valence-electron chi connectivity index (χ3n) is 4.92. The molecule has 11 heteroatoms. The van der Waals surface area contributed by atoms with Gasteiger partial charge in [-0.05, 0) is 25.1 Å². The second-order valence-corrected chi connectivity index (χ2v) is 6.65. The van der Waals surface area contributed by atoms with Crippen LogP contribution in [0, 0.1) is 6.92 Å². The molecule has 1 aromatic carbocycles. The lowest BCUT2D eigenvalue weighted by Crippen LogP contribution is -2.52. The van der Waals surface area contributed by atoms with E-state index >= 15 is 0 Å². The molecule has 0 aliphatic carbocycles. The Morgan fingerprint density at radius 3 is 2.41 bits per heavy atom. The Kier molecular flexibility index (Phi) is 7.72.